The summed E-state index contributed by atoms with van der Waals surface area (Å²) in [5, 5.41) is 9.88. The molecule has 1 fully saturated rings. The summed E-state index contributed by atoms with van der Waals surface area (Å²) in [6.45, 7) is 11.3. The van der Waals surface area contributed by atoms with Gasteiger partial charge in [-0.15, -0.1) is 0 Å². The molecule has 0 bridgehead atoms. The molecule has 0 spiro atoms. The van der Waals surface area contributed by atoms with Gasteiger partial charge in [0.25, 0.3) is 0 Å². The van der Waals surface area contributed by atoms with Crippen molar-refractivity contribution in [1.29, 1.82) is 0 Å². The van der Waals surface area contributed by atoms with E-state index in [1.54, 1.807) is 0 Å². The summed E-state index contributed by atoms with van der Waals surface area (Å²) < 4.78 is 0. The molecule has 0 heterocycles. The van der Waals surface area contributed by atoms with Crippen LogP contribution in [0.1, 0.15) is 47.5 Å². The van der Waals surface area contributed by atoms with Crippen LogP contribution in [-0.4, -0.2) is 11.2 Å². The minimum absolute atomic E-state index is 0.0759. The van der Waals surface area contributed by atoms with Gasteiger partial charge in [-0.1, -0.05) is 34.6 Å². The second-order valence-electron chi connectivity index (χ2n) is 5.98. The van der Waals surface area contributed by atoms with Crippen LogP contribution in [-0.2, 0) is 0 Å². The van der Waals surface area contributed by atoms with E-state index in [1.807, 2.05) is 0 Å². The normalized spacial score (nSPS) is 42.0. The van der Waals surface area contributed by atoms with Crippen LogP contribution < -0.4 is 0 Å². The van der Waals surface area contributed by atoms with Crippen molar-refractivity contribution < 1.29 is 5.11 Å². The van der Waals surface area contributed by atoms with Crippen LogP contribution in [0.2, 0.25) is 0 Å². The average Bonchev–Trinajstić information content (AvgIpc) is 1.94. The van der Waals surface area contributed by atoms with Gasteiger partial charge in [0.1, 0.15) is 0 Å². The number of rotatable bonds is 0. The molecule has 0 aromatic rings. The van der Waals surface area contributed by atoms with Gasteiger partial charge in [0.2, 0.25) is 0 Å². The smallest absolute Gasteiger partial charge is 0.0571 e. The first-order valence-electron chi connectivity index (χ1n) is 5.50. The number of aliphatic hydroxyl groups excluding tert-OH is 1. The van der Waals surface area contributed by atoms with Crippen molar-refractivity contribution in [3.63, 3.8) is 0 Å². The maximum absolute atomic E-state index is 9.88. The molecule has 4 atom stereocenters. The van der Waals surface area contributed by atoms with Gasteiger partial charge in [0, 0.05) is 0 Å². The fraction of sp³-hybridized carbons (Fsp3) is 1.00. The SMILES string of the molecule is CC1CC(O)C(C)C(C(C)(C)C)C1. The highest BCUT2D eigenvalue weighted by atomic mass is 16.3. The Balaban J connectivity index is 2.72. The van der Waals surface area contributed by atoms with E-state index in [0.717, 1.165) is 6.42 Å². The lowest BCUT2D eigenvalue weighted by Crippen LogP contribution is -2.40. The van der Waals surface area contributed by atoms with Crippen molar-refractivity contribution in [2.75, 3.05) is 0 Å². The van der Waals surface area contributed by atoms with Crippen LogP contribution in [0.3, 0.4) is 0 Å². The van der Waals surface area contributed by atoms with Crippen molar-refractivity contribution in [1.82, 2.24) is 0 Å². The fourth-order valence-electron chi connectivity index (χ4n) is 2.78. The van der Waals surface area contributed by atoms with Gasteiger partial charge in [-0.2, -0.15) is 0 Å². The van der Waals surface area contributed by atoms with Crippen LogP contribution in [0, 0.1) is 23.2 Å². The van der Waals surface area contributed by atoms with E-state index in [4.69, 9.17) is 0 Å². The maximum Gasteiger partial charge on any atom is 0.0571 e. The number of hydrogen-bond donors (Lipinski definition) is 1. The van der Waals surface area contributed by atoms with Crippen LogP contribution in [0.15, 0.2) is 0 Å². The Morgan fingerprint density at radius 1 is 1.08 bits per heavy atom. The number of hydrogen-bond acceptors (Lipinski definition) is 1. The highest BCUT2D eigenvalue weighted by molar-refractivity contribution is 4.88. The van der Waals surface area contributed by atoms with Crippen LogP contribution >= 0.6 is 0 Å². The molecule has 13 heavy (non-hydrogen) atoms. The predicted molar refractivity (Wildman–Crippen MR) is 56.5 cm³/mol. The second kappa shape index (κ2) is 3.61. The van der Waals surface area contributed by atoms with E-state index in [-0.39, 0.29) is 6.10 Å². The molecular weight excluding hydrogens is 160 g/mol. The Labute approximate surface area is 82.5 Å². The molecular formula is C12H24O. The molecule has 0 amide bonds. The summed E-state index contributed by atoms with van der Waals surface area (Å²) in [7, 11) is 0. The molecule has 0 saturated heterocycles. The molecule has 1 saturated carbocycles. The first kappa shape index (κ1) is 11.0. The van der Waals surface area contributed by atoms with Crippen molar-refractivity contribution >= 4 is 0 Å². The molecule has 0 aromatic carbocycles. The summed E-state index contributed by atoms with van der Waals surface area (Å²) in [6.07, 6.45) is 2.20. The summed E-state index contributed by atoms with van der Waals surface area (Å²) in [5.41, 5.74) is 0.342. The molecule has 1 rings (SSSR count). The topological polar surface area (TPSA) is 20.2 Å². The zero-order valence-electron chi connectivity index (χ0n) is 9.67. The lowest BCUT2D eigenvalue weighted by molar-refractivity contribution is -0.0204. The molecule has 0 aromatic heterocycles. The van der Waals surface area contributed by atoms with Crippen LogP contribution in [0.4, 0.5) is 0 Å². The van der Waals surface area contributed by atoms with E-state index in [0.29, 0.717) is 23.2 Å². The van der Waals surface area contributed by atoms with E-state index in [9.17, 15) is 5.11 Å². The first-order chi connectivity index (χ1) is 5.82. The molecule has 0 aliphatic heterocycles. The first-order valence-corrected chi connectivity index (χ1v) is 5.50. The Bertz CT molecular complexity index is 168. The van der Waals surface area contributed by atoms with Gasteiger partial charge in [-0.25, -0.2) is 0 Å². The van der Waals surface area contributed by atoms with Gasteiger partial charge in [-0.05, 0) is 36.0 Å². The molecule has 1 aliphatic rings. The Kier molecular flexibility index (Phi) is 3.06. The van der Waals surface area contributed by atoms with E-state index < -0.39 is 0 Å². The number of aliphatic hydroxyl groups is 1. The Morgan fingerprint density at radius 3 is 2.08 bits per heavy atom. The third-order valence-corrected chi connectivity index (χ3v) is 3.65. The highest BCUT2D eigenvalue weighted by Crippen LogP contribution is 2.43. The second-order valence-corrected chi connectivity index (χ2v) is 5.98. The van der Waals surface area contributed by atoms with Gasteiger partial charge < -0.3 is 5.11 Å². The van der Waals surface area contributed by atoms with E-state index in [2.05, 4.69) is 34.6 Å². The third-order valence-electron chi connectivity index (χ3n) is 3.65. The third kappa shape index (κ3) is 2.46. The minimum atomic E-state index is -0.0759. The molecule has 1 nitrogen and oxygen atoms in total. The standard InChI is InChI=1S/C12H24O/c1-8-6-10(12(3,4)5)9(2)11(13)7-8/h8-11,13H,6-7H2,1-5H3. The Hall–Kier alpha value is -0.0400. The Morgan fingerprint density at radius 2 is 1.62 bits per heavy atom. The average molecular weight is 184 g/mol. The largest absolute Gasteiger partial charge is 0.393 e. The zero-order valence-corrected chi connectivity index (χ0v) is 9.67. The lowest BCUT2D eigenvalue weighted by Gasteiger charge is -2.43. The van der Waals surface area contributed by atoms with Gasteiger partial charge in [-0.3, -0.25) is 0 Å². The molecule has 1 N–H and O–H groups in total. The summed E-state index contributed by atoms with van der Waals surface area (Å²) in [6, 6.07) is 0. The quantitative estimate of drug-likeness (QED) is 0.613. The minimum Gasteiger partial charge on any atom is -0.393 e. The van der Waals surface area contributed by atoms with Crippen molar-refractivity contribution in [2.24, 2.45) is 23.2 Å². The molecule has 1 aliphatic carbocycles. The highest BCUT2D eigenvalue weighted by Gasteiger charge is 2.38. The summed E-state index contributed by atoms with van der Waals surface area (Å²) in [5.74, 6) is 1.83. The van der Waals surface area contributed by atoms with Crippen molar-refractivity contribution in [2.45, 2.75) is 53.6 Å². The molecule has 0 radical (unpaired) electrons. The zero-order chi connectivity index (χ0) is 10.2. The van der Waals surface area contributed by atoms with Crippen molar-refractivity contribution in [3.05, 3.63) is 0 Å². The van der Waals surface area contributed by atoms with E-state index in [1.165, 1.54) is 6.42 Å². The van der Waals surface area contributed by atoms with Gasteiger partial charge in [0.05, 0.1) is 6.10 Å². The van der Waals surface area contributed by atoms with Crippen molar-refractivity contribution in [3.8, 4) is 0 Å². The maximum atomic E-state index is 9.88. The molecule has 4 unspecified atom stereocenters. The van der Waals surface area contributed by atoms with Gasteiger partial charge in [0.15, 0.2) is 0 Å². The van der Waals surface area contributed by atoms with Crippen LogP contribution in [0.25, 0.3) is 0 Å². The molecule has 1 heteroatoms. The molecule has 78 valence electrons. The van der Waals surface area contributed by atoms with E-state index >= 15 is 0 Å². The lowest BCUT2D eigenvalue weighted by atomic mass is 9.63. The summed E-state index contributed by atoms with van der Waals surface area (Å²) in [4.78, 5) is 0. The monoisotopic (exact) mass is 184 g/mol. The fourth-order valence-corrected chi connectivity index (χ4v) is 2.78. The van der Waals surface area contributed by atoms with Crippen LogP contribution in [0.5, 0.6) is 0 Å². The summed E-state index contributed by atoms with van der Waals surface area (Å²) >= 11 is 0. The van der Waals surface area contributed by atoms with Gasteiger partial charge >= 0.3 is 0 Å². The predicted octanol–water partition coefficient (Wildman–Crippen LogP) is 3.08.